The summed E-state index contributed by atoms with van der Waals surface area (Å²) in [6, 6.07) is 9.65. The molecule has 20 heavy (non-hydrogen) atoms. The summed E-state index contributed by atoms with van der Waals surface area (Å²) in [6.07, 6.45) is 0. The maximum atomic E-state index is 12.6. The highest BCUT2D eigenvalue weighted by Crippen LogP contribution is 2.30. The van der Waals surface area contributed by atoms with Gasteiger partial charge in [0.05, 0.1) is 18.9 Å². The lowest BCUT2D eigenvalue weighted by atomic mass is 10.1. The van der Waals surface area contributed by atoms with Crippen LogP contribution >= 0.6 is 11.3 Å². The molecular formula is C14H15N3O2S. The predicted octanol–water partition coefficient (Wildman–Crippen LogP) is 1.86. The van der Waals surface area contributed by atoms with E-state index in [0.717, 1.165) is 5.56 Å². The maximum absolute atomic E-state index is 12.6. The third-order valence-corrected chi connectivity index (χ3v) is 4.06. The minimum absolute atomic E-state index is 0.0126. The highest BCUT2D eigenvalue weighted by atomic mass is 32.1. The zero-order valence-corrected chi connectivity index (χ0v) is 11.7. The second-order valence-corrected chi connectivity index (χ2v) is 5.53. The average Bonchev–Trinajstić information content (AvgIpc) is 2.90. The van der Waals surface area contributed by atoms with E-state index in [9.17, 15) is 4.79 Å². The van der Waals surface area contributed by atoms with Crippen molar-refractivity contribution in [3.63, 3.8) is 0 Å². The van der Waals surface area contributed by atoms with Crippen LogP contribution in [0.3, 0.4) is 0 Å². The van der Waals surface area contributed by atoms with Gasteiger partial charge in [0.25, 0.3) is 5.91 Å². The number of amides is 1. The van der Waals surface area contributed by atoms with Crippen LogP contribution in [0.25, 0.3) is 11.3 Å². The van der Waals surface area contributed by atoms with Gasteiger partial charge in [-0.05, 0) is 0 Å². The molecule has 0 radical (unpaired) electrons. The first-order valence-electron chi connectivity index (χ1n) is 6.44. The summed E-state index contributed by atoms with van der Waals surface area (Å²) >= 11 is 1.25. The second kappa shape index (κ2) is 5.60. The van der Waals surface area contributed by atoms with Gasteiger partial charge in [0.15, 0.2) is 5.13 Å². The van der Waals surface area contributed by atoms with Gasteiger partial charge in [0.2, 0.25) is 0 Å². The Morgan fingerprint density at radius 3 is 2.65 bits per heavy atom. The Bertz CT molecular complexity index is 606. The number of morpholine rings is 1. The molecular weight excluding hydrogens is 274 g/mol. The van der Waals surface area contributed by atoms with Crippen molar-refractivity contribution in [3.05, 3.63) is 35.2 Å². The fraction of sp³-hybridized carbons (Fsp3) is 0.286. The van der Waals surface area contributed by atoms with Crippen molar-refractivity contribution in [2.75, 3.05) is 32.0 Å². The SMILES string of the molecule is Nc1nc(-c2ccccc2)c(C(=O)N2CCOCC2)s1. The lowest BCUT2D eigenvalue weighted by Gasteiger charge is -2.26. The summed E-state index contributed by atoms with van der Waals surface area (Å²) in [4.78, 5) is 19.3. The molecule has 1 aromatic carbocycles. The van der Waals surface area contributed by atoms with Gasteiger partial charge in [-0.25, -0.2) is 4.98 Å². The van der Waals surface area contributed by atoms with Gasteiger partial charge in [0, 0.05) is 18.7 Å². The van der Waals surface area contributed by atoms with Crippen molar-refractivity contribution >= 4 is 22.4 Å². The molecule has 1 fully saturated rings. The number of carbonyl (C=O) groups is 1. The van der Waals surface area contributed by atoms with Crippen LogP contribution in [0.4, 0.5) is 5.13 Å². The summed E-state index contributed by atoms with van der Waals surface area (Å²) in [5.41, 5.74) is 7.38. The summed E-state index contributed by atoms with van der Waals surface area (Å²) in [5.74, 6) is -0.0126. The monoisotopic (exact) mass is 289 g/mol. The largest absolute Gasteiger partial charge is 0.378 e. The van der Waals surface area contributed by atoms with Crippen molar-refractivity contribution in [2.45, 2.75) is 0 Å². The van der Waals surface area contributed by atoms with E-state index in [2.05, 4.69) is 4.98 Å². The second-order valence-electron chi connectivity index (χ2n) is 4.50. The molecule has 104 valence electrons. The molecule has 2 heterocycles. The van der Waals surface area contributed by atoms with Crippen molar-refractivity contribution < 1.29 is 9.53 Å². The van der Waals surface area contributed by atoms with Crippen molar-refractivity contribution in [3.8, 4) is 11.3 Å². The molecule has 0 aliphatic carbocycles. The number of carbonyl (C=O) groups excluding carboxylic acids is 1. The first kappa shape index (κ1) is 13.1. The third kappa shape index (κ3) is 2.52. The van der Waals surface area contributed by atoms with Crippen LogP contribution in [-0.2, 0) is 4.74 Å². The predicted molar refractivity (Wildman–Crippen MR) is 78.7 cm³/mol. The minimum Gasteiger partial charge on any atom is -0.378 e. The molecule has 3 rings (SSSR count). The lowest BCUT2D eigenvalue weighted by Crippen LogP contribution is -2.40. The molecule has 1 saturated heterocycles. The van der Waals surface area contributed by atoms with Gasteiger partial charge in [-0.15, -0.1) is 0 Å². The van der Waals surface area contributed by atoms with E-state index in [1.807, 2.05) is 30.3 Å². The van der Waals surface area contributed by atoms with Crippen molar-refractivity contribution in [1.82, 2.24) is 9.88 Å². The molecule has 1 aromatic heterocycles. The van der Waals surface area contributed by atoms with Crippen molar-refractivity contribution in [1.29, 1.82) is 0 Å². The van der Waals surface area contributed by atoms with Gasteiger partial charge in [-0.1, -0.05) is 41.7 Å². The fourth-order valence-corrected chi connectivity index (χ4v) is 3.01. The van der Waals surface area contributed by atoms with Crippen LogP contribution in [0.1, 0.15) is 9.67 Å². The topological polar surface area (TPSA) is 68.5 Å². The molecule has 0 atom stereocenters. The standard InChI is InChI=1S/C14H15N3O2S/c15-14-16-11(10-4-2-1-3-5-10)12(20-14)13(18)17-6-8-19-9-7-17/h1-5H,6-9H2,(H2,15,16). The number of rotatable bonds is 2. The molecule has 2 N–H and O–H groups in total. The molecule has 5 nitrogen and oxygen atoms in total. The number of ether oxygens (including phenoxy) is 1. The Morgan fingerprint density at radius 1 is 1.25 bits per heavy atom. The Kier molecular flexibility index (Phi) is 3.66. The summed E-state index contributed by atoms with van der Waals surface area (Å²) < 4.78 is 5.28. The number of anilines is 1. The summed E-state index contributed by atoms with van der Waals surface area (Å²) in [7, 11) is 0. The Hall–Kier alpha value is -1.92. The first-order chi connectivity index (χ1) is 9.75. The Labute approximate surface area is 121 Å². The summed E-state index contributed by atoms with van der Waals surface area (Å²) in [6.45, 7) is 2.40. The number of nitrogens with two attached hydrogens (primary N) is 1. The molecule has 0 unspecified atom stereocenters. The number of hydrogen-bond donors (Lipinski definition) is 1. The highest BCUT2D eigenvalue weighted by molar-refractivity contribution is 7.17. The van der Waals surface area contributed by atoms with Crippen molar-refractivity contribution in [2.24, 2.45) is 0 Å². The third-order valence-electron chi connectivity index (χ3n) is 3.18. The molecule has 6 heteroatoms. The molecule has 1 aliphatic heterocycles. The van der Waals surface area contributed by atoms with Crippen LogP contribution in [0.2, 0.25) is 0 Å². The smallest absolute Gasteiger partial charge is 0.266 e. The maximum Gasteiger partial charge on any atom is 0.266 e. The number of hydrogen-bond acceptors (Lipinski definition) is 5. The number of aromatic nitrogens is 1. The van der Waals surface area contributed by atoms with E-state index in [1.165, 1.54) is 11.3 Å². The van der Waals surface area contributed by atoms with Gasteiger partial charge < -0.3 is 15.4 Å². The first-order valence-corrected chi connectivity index (χ1v) is 7.26. The van der Waals surface area contributed by atoms with E-state index in [0.29, 0.717) is 42.0 Å². The quantitative estimate of drug-likeness (QED) is 0.916. The minimum atomic E-state index is -0.0126. The number of nitrogen functional groups attached to an aromatic ring is 1. The van der Waals surface area contributed by atoms with Gasteiger partial charge >= 0.3 is 0 Å². The van der Waals surface area contributed by atoms with Crippen LogP contribution in [-0.4, -0.2) is 42.1 Å². The van der Waals surface area contributed by atoms with Crippen LogP contribution in [0.15, 0.2) is 30.3 Å². The van der Waals surface area contributed by atoms with Gasteiger partial charge in [0.1, 0.15) is 4.88 Å². The van der Waals surface area contributed by atoms with E-state index in [4.69, 9.17) is 10.5 Å². The number of thiazole rings is 1. The highest BCUT2D eigenvalue weighted by Gasteiger charge is 2.24. The van der Waals surface area contributed by atoms with Crippen LogP contribution in [0, 0.1) is 0 Å². The normalized spacial score (nSPS) is 15.3. The zero-order chi connectivity index (χ0) is 13.9. The van der Waals surface area contributed by atoms with E-state index >= 15 is 0 Å². The zero-order valence-electron chi connectivity index (χ0n) is 10.9. The van der Waals surface area contributed by atoms with Gasteiger partial charge in [-0.3, -0.25) is 4.79 Å². The number of benzene rings is 1. The lowest BCUT2D eigenvalue weighted by molar-refractivity contribution is 0.0306. The van der Waals surface area contributed by atoms with E-state index in [1.54, 1.807) is 4.90 Å². The molecule has 0 bridgehead atoms. The number of nitrogens with zero attached hydrogens (tertiary/aromatic N) is 2. The molecule has 1 amide bonds. The summed E-state index contributed by atoms with van der Waals surface area (Å²) in [5, 5.41) is 0.417. The fourth-order valence-electron chi connectivity index (χ4n) is 2.18. The Balaban J connectivity index is 1.95. The molecule has 1 aliphatic rings. The Morgan fingerprint density at radius 2 is 1.95 bits per heavy atom. The van der Waals surface area contributed by atoms with E-state index in [-0.39, 0.29) is 5.91 Å². The van der Waals surface area contributed by atoms with Gasteiger partial charge in [-0.2, -0.15) is 0 Å². The average molecular weight is 289 g/mol. The van der Waals surface area contributed by atoms with Crippen LogP contribution < -0.4 is 5.73 Å². The molecule has 2 aromatic rings. The molecule has 0 saturated carbocycles. The molecule has 0 spiro atoms. The van der Waals surface area contributed by atoms with Crippen LogP contribution in [0.5, 0.6) is 0 Å². The van der Waals surface area contributed by atoms with E-state index < -0.39 is 0 Å².